The molecule has 1 rings (SSSR count). The molecule has 0 spiro atoms. The van der Waals surface area contributed by atoms with Crippen molar-refractivity contribution >= 4 is 40.6 Å². The molecule has 0 bridgehead atoms. The van der Waals surface area contributed by atoms with Gasteiger partial charge in [-0.3, -0.25) is 4.79 Å². The Balaban J connectivity index is 2.99. The molecule has 9 heteroatoms. The normalized spacial score (nSPS) is 13.1. The number of carbonyl (C=O) groups excluding carboxylic acids is 3. The van der Waals surface area contributed by atoms with E-state index in [1.807, 2.05) is 12.1 Å². The van der Waals surface area contributed by atoms with Gasteiger partial charge in [0, 0.05) is 6.42 Å². The van der Waals surface area contributed by atoms with E-state index in [0.29, 0.717) is 5.75 Å². The zero-order chi connectivity index (χ0) is 21.5. The molecule has 2 amide bonds. The fraction of sp³-hybridized carbons (Fsp3) is 0.526. The van der Waals surface area contributed by atoms with Crippen molar-refractivity contribution in [3.8, 4) is 5.75 Å². The summed E-state index contributed by atoms with van der Waals surface area (Å²) in [5, 5.41) is 5.12. The molecular formula is C19H27IN2O6. The lowest BCUT2D eigenvalue weighted by atomic mass is 10.0. The van der Waals surface area contributed by atoms with E-state index in [1.165, 1.54) is 14.0 Å². The van der Waals surface area contributed by atoms with Crippen LogP contribution in [0.5, 0.6) is 5.75 Å². The summed E-state index contributed by atoms with van der Waals surface area (Å²) in [5.74, 6) is -0.386. The molecule has 0 radical (unpaired) electrons. The fourth-order valence-corrected chi connectivity index (χ4v) is 3.08. The lowest BCUT2D eigenvalue weighted by molar-refractivity contribution is -0.144. The van der Waals surface area contributed by atoms with E-state index in [4.69, 9.17) is 9.47 Å². The van der Waals surface area contributed by atoms with Crippen LogP contribution in [0.4, 0.5) is 4.79 Å². The molecular weight excluding hydrogens is 479 g/mol. The monoisotopic (exact) mass is 506 g/mol. The Morgan fingerprint density at radius 1 is 1.14 bits per heavy atom. The van der Waals surface area contributed by atoms with E-state index in [2.05, 4.69) is 38.0 Å². The van der Waals surface area contributed by atoms with Crippen molar-refractivity contribution in [3.05, 3.63) is 27.3 Å². The van der Waals surface area contributed by atoms with Crippen molar-refractivity contribution < 1.29 is 28.6 Å². The van der Waals surface area contributed by atoms with E-state index >= 15 is 0 Å². The highest BCUT2D eigenvalue weighted by Gasteiger charge is 2.27. The van der Waals surface area contributed by atoms with Gasteiger partial charge in [0.25, 0.3) is 0 Å². The van der Waals surface area contributed by atoms with Gasteiger partial charge in [0.2, 0.25) is 5.91 Å². The topological polar surface area (TPSA) is 103 Å². The van der Waals surface area contributed by atoms with Crippen LogP contribution in [0, 0.1) is 3.57 Å². The molecule has 0 aliphatic heterocycles. The van der Waals surface area contributed by atoms with Crippen LogP contribution in [0.25, 0.3) is 0 Å². The molecule has 0 aromatic heterocycles. The number of hydrogen-bond acceptors (Lipinski definition) is 6. The van der Waals surface area contributed by atoms with Crippen LogP contribution in [-0.4, -0.2) is 49.9 Å². The fourth-order valence-electron chi connectivity index (χ4n) is 2.28. The molecule has 2 N–H and O–H groups in total. The standard InChI is InChI=1S/C19H27IN2O6/c1-11(17(24)27-6)21-16(23)14(22-18(25)28-19(2,3)4)10-12-7-8-15(26-5)13(20)9-12/h7-9,11,14H,10H2,1-6H3,(H,21,23)(H,22,25)/t11-,14-/m0/s1. The third-order valence-electron chi connectivity index (χ3n) is 3.58. The number of hydrogen-bond donors (Lipinski definition) is 2. The molecule has 8 nitrogen and oxygen atoms in total. The number of amides is 2. The van der Waals surface area contributed by atoms with Crippen molar-refractivity contribution in [2.75, 3.05) is 14.2 Å². The third-order valence-corrected chi connectivity index (χ3v) is 4.42. The van der Waals surface area contributed by atoms with E-state index in [1.54, 1.807) is 33.9 Å². The molecule has 0 saturated carbocycles. The van der Waals surface area contributed by atoms with Crippen LogP contribution >= 0.6 is 22.6 Å². The maximum absolute atomic E-state index is 12.7. The largest absolute Gasteiger partial charge is 0.496 e. The molecule has 1 aromatic carbocycles. The number of rotatable bonds is 7. The number of esters is 1. The first-order valence-electron chi connectivity index (χ1n) is 8.67. The number of alkyl carbamates (subject to hydrolysis) is 1. The molecule has 1 aromatic rings. The molecule has 0 aliphatic carbocycles. The molecule has 28 heavy (non-hydrogen) atoms. The van der Waals surface area contributed by atoms with Gasteiger partial charge in [0.15, 0.2) is 0 Å². The SMILES string of the molecule is COC(=O)[C@H](C)NC(=O)[C@H](Cc1ccc(OC)c(I)c1)NC(=O)OC(C)(C)C. The number of benzene rings is 1. The Hall–Kier alpha value is -2.04. The Kier molecular flexibility index (Phi) is 8.99. The summed E-state index contributed by atoms with van der Waals surface area (Å²) in [6, 6.07) is 3.67. The number of nitrogens with one attached hydrogen (secondary N) is 2. The van der Waals surface area contributed by atoms with Gasteiger partial charge in [0.1, 0.15) is 23.4 Å². The summed E-state index contributed by atoms with van der Waals surface area (Å²) in [7, 11) is 2.81. The smallest absolute Gasteiger partial charge is 0.408 e. The maximum atomic E-state index is 12.7. The molecule has 0 aliphatic rings. The summed E-state index contributed by atoms with van der Waals surface area (Å²) in [4.78, 5) is 36.4. The van der Waals surface area contributed by atoms with Gasteiger partial charge < -0.3 is 24.8 Å². The van der Waals surface area contributed by atoms with Crippen LogP contribution in [0.15, 0.2) is 18.2 Å². The van der Waals surface area contributed by atoms with Crippen molar-refractivity contribution in [1.29, 1.82) is 0 Å². The number of ether oxygens (including phenoxy) is 3. The maximum Gasteiger partial charge on any atom is 0.408 e. The van der Waals surface area contributed by atoms with Gasteiger partial charge in [-0.15, -0.1) is 0 Å². The minimum absolute atomic E-state index is 0.207. The van der Waals surface area contributed by atoms with Gasteiger partial charge in [-0.1, -0.05) is 6.07 Å². The van der Waals surface area contributed by atoms with E-state index in [9.17, 15) is 14.4 Å². The number of methoxy groups -OCH3 is 2. The highest BCUT2D eigenvalue weighted by Crippen LogP contribution is 2.22. The zero-order valence-corrected chi connectivity index (χ0v) is 19.1. The summed E-state index contributed by atoms with van der Waals surface area (Å²) < 4.78 is 16.0. The Morgan fingerprint density at radius 2 is 1.79 bits per heavy atom. The summed E-state index contributed by atoms with van der Waals surface area (Å²) in [6.45, 7) is 6.69. The molecule has 0 heterocycles. The Labute approximate surface area is 178 Å². The Bertz CT molecular complexity index is 717. The van der Waals surface area contributed by atoms with Crippen LogP contribution in [0.3, 0.4) is 0 Å². The van der Waals surface area contributed by atoms with Gasteiger partial charge in [-0.2, -0.15) is 0 Å². The highest BCUT2D eigenvalue weighted by molar-refractivity contribution is 14.1. The van der Waals surface area contributed by atoms with E-state index < -0.39 is 35.7 Å². The second-order valence-corrected chi connectivity index (χ2v) is 8.29. The molecule has 0 saturated heterocycles. The van der Waals surface area contributed by atoms with E-state index in [0.717, 1.165) is 9.13 Å². The first kappa shape index (κ1) is 24.0. The second kappa shape index (κ2) is 10.5. The van der Waals surface area contributed by atoms with Gasteiger partial charge >= 0.3 is 12.1 Å². The zero-order valence-electron chi connectivity index (χ0n) is 16.9. The first-order valence-corrected chi connectivity index (χ1v) is 9.74. The lowest BCUT2D eigenvalue weighted by Crippen LogP contribution is -2.52. The summed E-state index contributed by atoms with van der Waals surface area (Å²) in [6.07, 6.45) is -0.513. The lowest BCUT2D eigenvalue weighted by Gasteiger charge is -2.24. The van der Waals surface area contributed by atoms with Crippen LogP contribution in [0.1, 0.15) is 33.3 Å². The van der Waals surface area contributed by atoms with Gasteiger partial charge in [0.05, 0.1) is 17.8 Å². The van der Waals surface area contributed by atoms with Gasteiger partial charge in [-0.25, -0.2) is 9.59 Å². The Morgan fingerprint density at radius 3 is 2.29 bits per heavy atom. The predicted molar refractivity (Wildman–Crippen MR) is 112 cm³/mol. The van der Waals surface area contributed by atoms with Crippen LogP contribution in [0.2, 0.25) is 0 Å². The number of carbonyl (C=O) groups is 3. The number of halogens is 1. The highest BCUT2D eigenvalue weighted by atomic mass is 127. The summed E-state index contributed by atoms with van der Waals surface area (Å²) >= 11 is 2.13. The first-order chi connectivity index (χ1) is 13.0. The average Bonchev–Trinajstić information content (AvgIpc) is 2.58. The summed E-state index contributed by atoms with van der Waals surface area (Å²) in [5.41, 5.74) is 0.104. The van der Waals surface area contributed by atoms with Crippen molar-refractivity contribution in [2.45, 2.75) is 51.8 Å². The second-order valence-electron chi connectivity index (χ2n) is 7.13. The van der Waals surface area contributed by atoms with E-state index in [-0.39, 0.29) is 6.42 Å². The average molecular weight is 506 g/mol. The molecule has 2 atom stereocenters. The quantitative estimate of drug-likeness (QED) is 0.435. The third kappa shape index (κ3) is 7.91. The van der Waals surface area contributed by atoms with Crippen molar-refractivity contribution in [3.63, 3.8) is 0 Å². The van der Waals surface area contributed by atoms with Crippen molar-refractivity contribution in [2.24, 2.45) is 0 Å². The van der Waals surface area contributed by atoms with Gasteiger partial charge in [-0.05, 0) is 68.0 Å². The van der Waals surface area contributed by atoms with Crippen molar-refractivity contribution in [1.82, 2.24) is 10.6 Å². The minimum Gasteiger partial charge on any atom is -0.496 e. The predicted octanol–water partition coefficient (Wildman–Crippen LogP) is 2.41. The minimum atomic E-state index is -0.939. The van der Waals surface area contributed by atoms with Crippen LogP contribution < -0.4 is 15.4 Å². The van der Waals surface area contributed by atoms with Crippen LogP contribution in [-0.2, 0) is 25.5 Å². The molecule has 0 fully saturated rings. The molecule has 156 valence electrons. The molecule has 0 unspecified atom stereocenters.